The summed E-state index contributed by atoms with van der Waals surface area (Å²) in [5.41, 5.74) is -1.17. The number of hydrogen-bond acceptors (Lipinski definition) is 4. The monoisotopic (exact) mass is 258 g/mol. The number of methoxy groups -OCH3 is 1. The lowest BCUT2D eigenvalue weighted by Gasteiger charge is -2.39. The van der Waals surface area contributed by atoms with Gasteiger partial charge < -0.3 is 20.1 Å². The average molecular weight is 258 g/mol. The number of likely N-dealkylation sites (N-methyl/N-ethyl adjacent to an activating group) is 1. The Morgan fingerprint density at radius 2 is 2.00 bits per heavy atom. The number of amides is 2. The van der Waals surface area contributed by atoms with E-state index in [0.29, 0.717) is 19.4 Å². The van der Waals surface area contributed by atoms with Crippen molar-refractivity contribution in [3.63, 3.8) is 0 Å². The number of esters is 1. The Labute approximate surface area is 105 Å². The minimum atomic E-state index is -1.17. The van der Waals surface area contributed by atoms with Gasteiger partial charge in [-0.25, -0.2) is 9.59 Å². The zero-order chi connectivity index (χ0) is 13.8. The first-order chi connectivity index (χ1) is 8.45. The standard InChI is InChI=1S/C11H18N2O5/c1-3-13(7-8(14)18-2)10(17)12-11(9(15)16)5-4-6-11/h3-7H2,1-2H3,(H,12,17)(H,15,16). The Balaban J connectivity index is 2.62. The molecule has 0 atom stereocenters. The van der Waals surface area contributed by atoms with E-state index in [1.807, 2.05) is 0 Å². The van der Waals surface area contributed by atoms with Crippen LogP contribution in [0.3, 0.4) is 0 Å². The summed E-state index contributed by atoms with van der Waals surface area (Å²) in [5, 5.41) is 11.6. The molecule has 7 nitrogen and oxygen atoms in total. The van der Waals surface area contributed by atoms with Crippen LogP contribution < -0.4 is 5.32 Å². The first-order valence-corrected chi connectivity index (χ1v) is 5.82. The molecule has 7 heteroatoms. The Kier molecular flexibility index (Phi) is 4.52. The molecule has 0 radical (unpaired) electrons. The quantitative estimate of drug-likeness (QED) is 0.687. The lowest BCUT2D eigenvalue weighted by molar-refractivity contribution is -0.148. The van der Waals surface area contributed by atoms with Gasteiger partial charge in [0.25, 0.3) is 0 Å². The molecular weight excluding hydrogens is 240 g/mol. The van der Waals surface area contributed by atoms with Crippen LogP contribution in [0.2, 0.25) is 0 Å². The maximum atomic E-state index is 11.9. The van der Waals surface area contributed by atoms with Gasteiger partial charge in [-0.3, -0.25) is 4.79 Å². The number of nitrogens with one attached hydrogen (secondary N) is 1. The number of carboxylic acid groups (broad SMARTS) is 1. The van der Waals surface area contributed by atoms with Crippen LogP contribution >= 0.6 is 0 Å². The zero-order valence-corrected chi connectivity index (χ0v) is 10.6. The smallest absolute Gasteiger partial charge is 0.329 e. The highest BCUT2D eigenvalue weighted by molar-refractivity contribution is 5.88. The molecular formula is C11H18N2O5. The molecule has 1 fully saturated rings. The average Bonchev–Trinajstić information content (AvgIpc) is 2.29. The number of hydrogen-bond donors (Lipinski definition) is 2. The summed E-state index contributed by atoms with van der Waals surface area (Å²) in [6.07, 6.45) is 1.61. The molecule has 102 valence electrons. The third-order valence-electron chi connectivity index (χ3n) is 3.18. The van der Waals surface area contributed by atoms with Crippen molar-refractivity contribution >= 4 is 18.0 Å². The Morgan fingerprint density at radius 3 is 2.33 bits per heavy atom. The van der Waals surface area contributed by atoms with E-state index >= 15 is 0 Å². The predicted octanol–water partition coefficient (Wildman–Crippen LogP) is 0.198. The highest BCUT2D eigenvalue weighted by atomic mass is 16.5. The lowest BCUT2D eigenvalue weighted by atomic mass is 9.77. The van der Waals surface area contributed by atoms with Crippen molar-refractivity contribution in [3.05, 3.63) is 0 Å². The topological polar surface area (TPSA) is 95.9 Å². The first-order valence-electron chi connectivity index (χ1n) is 5.82. The van der Waals surface area contributed by atoms with Gasteiger partial charge in [-0.2, -0.15) is 0 Å². The summed E-state index contributed by atoms with van der Waals surface area (Å²) in [6, 6.07) is -0.551. The van der Waals surface area contributed by atoms with Gasteiger partial charge in [0, 0.05) is 6.54 Å². The molecule has 0 saturated heterocycles. The van der Waals surface area contributed by atoms with E-state index in [2.05, 4.69) is 10.1 Å². The van der Waals surface area contributed by atoms with Gasteiger partial charge in [0.1, 0.15) is 12.1 Å². The summed E-state index contributed by atoms with van der Waals surface area (Å²) in [4.78, 5) is 35.3. The van der Waals surface area contributed by atoms with Crippen LogP contribution in [0.25, 0.3) is 0 Å². The number of carbonyl (C=O) groups excluding carboxylic acids is 2. The van der Waals surface area contributed by atoms with Gasteiger partial charge >= 0.3 is 18.0 Å². The van der Waals surface area contributed by atoms with Crippen LogP contribution in [-0.2, 0) is 14.3 Å². The Morgan fingerprint density at radius 1 is 1.39 bits per heavy atom. The molecule has 2 N–H and O–H groups in total. The van der Waals surface area contributed by atoms with E-state index in [9.17, 15) is 14.4 Å². The molecule has 0 heterocycles. The highest BCUT2D eigenvalue weighted by Crippen LogP contribution is 2.32. The summed E-state index contributed by atoms with van der Waals surface area (Å²) in [6.45, 7) is 1.82. The summed E-state index contributed by atoms with van der Waals surface area (Å²) in [7, 11) is 1.23. The van der Waals surface area contributed by atoms with Crippen molar-refractivity contribution in [2.45, 2.75) is 31.7 Å². The van der Waals surface area contributed by atoms with E-state index in [1.165, 1.54) is 12.0 Å². The number of urea groups is 1. The molecule has 0 aromatic carbocycles. The van der Waals surface area contributed by atoms with Crippen molar-refractivity contribution in [2.75, 3.05) is 20.2 Å². The van der Waals surface area contributed by atoms with Gasteiger partial charge in [-0.05, 0) is 26.2 Å². The van der Waals surface area contributed by atoms with E-state index in [4.69, 9.17) is 5.11 Å². The fraction of sp³-hybridized carbons (Fsp3) is 0.727. The molecule has 0 aliphatic heterocycles. The molecule has 0 bridgehead atoms. The zero-order valence-electron chi connectivity index (χ0n) is 10.6. The SMILES string of the molecule is CCN(CC(=O)OC)C(=O)NC1(C(=O)O)CCC1. The van der Waals surface area contributed by atoms with Gasteiger partial charge in [-0.1, -0.05) is 0 Å². The minimum Gasteiger partial charge on any atom is -0.480 e. The molecule has 1 aliphatic rings. The van der Waals surface area contributed by atoms with Crippen molar-refractivity contribution in [2.24, 2.45) is 0 Å². The number of aliphatic carboxylic acids is 1. The number of nitrogens with zero attached hydrogens (tertiary/aromatic N) is 1. The molecule has 1 rings (SSSR count). The van der Waals surface area contributed by atoms with Crippen molar-refractivity contribution in [1.82, 2.24) is 10.2 Å². The minimum absolute atomic E-state index is 0.186. The maximum Gasteiger partial charge on any atom is 0.329 e. The van der Waals surface area contributed by atoms with Crippen LogP contribution in [0.4, 0.5) is 4.79 Å². The van der Waals surface area contributed by atoms with Crippen molar-refractivity contribution < 1.29 is 24.2 Å². The van der Waals surface area contributed by atoms with Gasteiger partial charge in [0.2, 0.25) is 0 Å². The number of ether oxygens (including phenoxy) is 1. The second kappa shape index (κ2) is 5.70. The fourth-order valence-electron chi connectivity index (χ4n) is 1.75. The summed E-state index contributed by atoms with van der Waals surface area (Å²) in [5.74, 6) is -1.57. The lowest BCUT2D eigenvalue weighted by Crippen LogP contribution is -2.62. The molecule has 0 spiro atoms. The Bertz CT molecular complexity index is 351. The number of rotatable bonds is 5. The number of carbonyl (C=O) groups is 3. The molecule has 0 unspecified atom stereocenters. The maximum absolute atomic E-state index is 11.9. The molecule has 2 amide bonds. The van der Waals surface area contributed by atoms with Crippen LogP contribution in [0.5, 0.6) is 0 Å². The summed E-state index contributed by atoms with van der Waals surface area (Å²) >= 11 is 0. The summed E-state index contributed by atoms with van der Waals surface area (Å²) < 4.78 is 4.47. The van der Waals surface area contributed by atoms with Crippen LogP contribution in [0, 0.1) is 0 Å². The first kappa shape index (κ1) is 14.3. The predicted molar refractivity (Wildman–Crippen MR) is 62.0 cm³/mol. The van der Waals surface area contributed by atoms with Crippen molar-refractivity contribution in [1.29, 1.82) is 0 Å². The molecule has 1 saturated carbocycles. The van der Waals surface area contributed by atoms with Crippen molar-refractivity contribution in [3.8, 4) is 0 Å². The van der Waals surface area contributed by atoms with Gasteiger partial charge in [0.15, 0.2) is 0 Å². The van der Waals surface area contributed by atoms with Crippen LogP contribution in [0.1, 0.15) is 26.2 Å². The van der Waals surface area contributed by atoms with E-state index in [0.717, 1.165) is 6.42 Å². The third-order valence-corrected chi connectivity index (χ3v) is 3.18. The molecule has 0 aromatic rings. The molecule has 18 heavy (non-hydrogen) atoms. The van der Waals surface area contributed by atoms with E-state index in [-0.39, 0.29) is 6.54 Å². The van der Waals surface area contributed by atoms with Gasteiger partial charge in [-0.15, -0.1) is 0 Å². The van der Waals surface area contributed by atoms with Gasteiger partial charge in [0.05, 0.1) is 7.11 Å². The number of carboxylic acids is 1. The molecule has 1 aliphatic carbocycles. The third kappa shape index (κ3) is 2.91. The fourth-order valence-corrected chi connectivity index (χ4v) is 1.75. The second-order valence-electron chi connectivity index (χ2n) is 4.26. The largest absolute Gasteiger partial charge is 0.480 e. The van der Waals surface area contributed by atoms with E-state index in [1.54, 1.807) is 6.92 Å². The second-order valence-corrected chi connectivity index (χ2v) is 4.26. The van der Waals surface area contributed by atoms with E-state index < -0.39 is 23.5 Å². The Hall–Kier alpha value is -1.79. The normalized spacial score (nSPS) is 16.3. The highest BCUT2D eigenvalue weighted by Gasteiger charge is 2.46. The molecule has 0 aromatic heterocycles. The van der Waals surface area contributed by atoms with Crippen LogP contribution in [-0.4, -0.2) is 53.7 Å². The van der Waals surface area contributed by atoms with Crippen LogP contribution in [0.15, 0.2) is 0 Å².